The van der Waals surface area contributed by atoms with Crippen LogP contribution in [0.3, 0.4) is 0 Å². The number of alkyl halides is 3. The summed E-state index contributed by atoms with van der Waals surface area (Å²) in [5, 5.41) is 0.0578. The molecule has 0 N–H and O–H groups in total. The molecule has 0 saturated heterocycles. The Balaban J connectivity index is 2.80. The summed E-state index contributed by atoms with van der Waals surface area (Å²) in [5.74, 6) is 0.383. The van der Waals surface area contributed by atoms with Crippen LogP contribution < -0.4 is 4.74 Å². The number of nitrogens with zero attached hydrogens (tertiary/aromatic N) is 1. The summed E-state index contributed by atoms with van der Waals surface area (Å²) in [4.78, 5) is 4.07. The van der Waals surface area contributed by atoms with E-state index < -0.39 is 11.7 Å². The number of ether oxygens (including phenoxy) is 1. The summed E-state index contributed by atoms with van der Waals surface area (Å²) in [5.41, 5.74) is -0.0213. The molecule has 0 aliphatic heterocycles. The first-order valence-corrected chi connectivity index (χ1v) is 4.94. The number of aryl methyl sites for hydroxylation is 1. The average molecular weight is 241 g/mol. The SMILES string of the molecule is COc1ccc2nc(C)cc(C(F)(F)F)c2c1. The molecular formula is C12H10F3NO. The van der Waals surface area contributed by atoms with Gasteiger partial charge in [-0.1, -0.05) is 0 Å². The predicted molar refractivity (Wildman–Crippen MR) is 58.0 cm³/mol. The molecule has 0 bridgehead atoms. The number of methoxy groups -OCH3 is 1. The van der Waals surface area contributed by atoms with Crippen LogP contribution in [0.5, 0.6) is 5.75 Å². The van der Waals surface area contributed by atoms with E-state index in [4.69, 9.17) is 4.74 Å². The lowest BCUT2D eigenvalue weighted by molar-refractivity contribution is -0.136. The van der Waals surface area contributed by atoms with E-state index in [-0.39, 0.29) is 5.39 Å². The maximum absolute atomic E-state index is 12.9. The highest BCUT2D eigenvalue weighted by molar-refractivity contribution is 5.84. The Morgan fingerprint density at radius 1 is 1.18 bits per heavy atom. The maximum Gasteiger partial charge on any atom is 0.417 e. The summed E-state index contributed by atoms with van der Waals surface area (Å²) < 4.78 is 43.5. The molecule has 1 heterocycles. The first-order chi connectivity index (χ1) is 7.91. The van der Waals surface area contributed by atoms with Crippen LogP contribution in [0.25, 0.3) is 10.9 Å². The number of fused-ring (bicyclic) bond motifs is 1. The molecule has 0 aliphatic rings. The van der Waals surface area contributed by atoms with Gasteiger partial charge in [-0.15, -0.1) is 0 Å². The van der Waals surface area contributed by atoms with Crippen molar-refractivity contribution >= 4 is 10.9 Å². The zero-order chi connectivity index (χ0) is 12.6. The fourth-order valence-electron chi connectivity index (χ4n) is 1.70. The van der Waals surface area contributed by atoms with Crippen molar-refractivity contribution in [1.82, 2.24) is 4.98 Å². The monoisotopic (exact) mass is 241 g/mol. The zero-order valence-corrected chi connectivity index (χ0v) is 9.30. The van der Waals surface area contributed by atoms with Crippen molar-refractivity contribution in [2.45, 2.75) is 13.1 Å². The van der Waals surface area contributed by atoms with Crippen LogP contribution >= 0.6 is 0 Å². The molecule has 0 spiro atoms. The van der Waals surface area contributed by atoms with Crippen LogP contribution in [-0.2, 0) is 6.18 Å². The van der Waals surface area contributed by atoms with Crippen LogP contribution in [0.15, 0.2) is 24.3 Å². The summed E-state index contributed by atoms with van der Waals surface area (Å²) >= 11 is 0. The summed E-state index contributed by atoms with van der Waals surface area (Å²) in [6.07, 6.45) is -4.39. The Hall–Kier alpha value is -1.78. The van der Waals surface area contributed by atoms with E-state index in [1.165, 1.54) is 19.2 Å². The number of pyridine rings is 1. The first kappa shape index (κ1) is 11.7. The third-order valence-corrected chi connectivity index (χ3v) is 2.45. The van der Waals surface area contributed by atoms with E-state index in [1.807, 2.05) is 0 Å². The highest BCUT2D eigenvalue weighted by Gasteiger charge is 2.33. The summed E-state index contributed by atoms with van der Waals surface area (Å²) in [6.45, 7) is 1.54. The van der Waals surface area contributed by atoms with Crippen LogP contribution in [0, 0.1) is 6.92 Å². The Kier molecular flexibility index (Phi) is 2.69. The molecular weight excluding hydrogens is 231 g/mol. The standard InChI is InChI=1S/C12H10F3NO/c1-7-5-10(12(13,14)15)9-6-8(17-2)3-4-11(9)16-7/h3-6H,1-2H3. The van der Waals surface area contributed by atoms with Gasteiger partial charge in [0.1, 0.15) is 5.75 Å². The van der Waals surface area contributed by atoms with Crippen LogP contribution in [0.2, 0.25) is 0 Å². The fourth-order valence-corrected chi connectivity index (χ4v) is 1.70. The van der Waals surface area contributed by atoms with Crippen molar-refractivity contribution in [1.29, 1.82) is 0 Å². The first-order valence-electron chi connectivity index (χ1n) is 4.94. The van der Waals surface area contributed by atoms with Crippen LogP contribution in [0.4, 0.5) is 13.2 Å². The third-order valence-electron chi connectivity index (χ3n) is 2.45. The van der Waals surface area contributed by atoms with Gasteiger partial charge in [-0.2, -0.15) is 13.2 Å². The van der Waals surface area contributed by atoms with E-state index in [0.717, 1.165) is 6.07 Å². The Bertz CT molecular complexity index is 563. The Morgan fingerprint density at radius 2 is 1.88 bits per heavy atom. The zero-order valence-electron chi connectivity index (χ0n) is 9.30. The number of hydrogen-bond donors (Lipinski definition) is 0. The maximum atomic E-state index is 12.9. The van der Waals surface area contributed by atoms with Gasteiger partial charge in [0, 0.05) is 11.1 Å². The van der Waals surface area contributed by atoms with Gasteiger partial charge in [-0.25, -0.2) is 0 Å². The largest absolute Gasteiger partial charge is 0.497 e. The number of halogens is 3. The number of benzene rings is 1. The van der Waals surface area contributed by atoms with E-state index in [1.54, 1.807) is 13.0 Å². The fraction of sp³-hybridized carbons (Fsp3) is 0.250. The highest BCUT2D eigenvalue weighted by atomic mass is 19.4. The Morgan fingerprint density at radius 3 is 2.47 bits per heavy atom. The van der Waals surface area contributed by atoms with Gasteiger partial charge in [0.2, 0.25) is 0 Å². The normalized spacial score (nSPS) is 11.8. The van der Waals surface area contributed by atoms with Gasteiger partial charge in [0.15, 0.2) is 0 Å². The average Bonchev–Trinajstić information content (AvgIpc) is 2.26. The van der Waals surface area contributed by atoms with E-state index in [9.17, 15) is 13.2 Å². The van der Waals surface area contributed by atoms with Gasteiger partial charge in [0.25, 0.3) is 0 Å². The van der Waals surface area contributed by atoms with E-state index in [0.29, 0.717) is 17.0 Å². The lowest BCUT2D eigenvalue weighted by Gasteiger charge is -2.12. The van der Waals surface area contributed by atoms with Crippen molar-refractivity contribution in [3.05, 3.63) is 35.5 Å². The summed E-state index contributed by atoms with van der Waals surface area (Å²) in [6, 6.07) is 5.51. The smallest absolute Gasteiger partial charge is 0.417 e. The van der Waals surface area contributed by atoms with Crippen molar-refractivity contribution in [2.24, 2.45) is 0 Å². The van der Waals surface area contributed by atoms with Gasteiger partial charge in [-0.3, -0.25) is 4.98 Å². The second-order valence-corrected chi connectivity index (χ2v) is 3.69. The molecule has 0 fully saturated rings. The molecule has 2 rings (SSSR count). The van der Waals surface area contributed by atoms with Gasteiger partial charge in [0.05, 0.1) is 18.2 Å². The van der Waals surface area contributed by atoms with E-state index in [2.05, 4.69) is 4.98 Å². The van der Waals surface area contributed by atoms with E-state index >= 15 is 0 Å². The molecule has 0 saturated carbocycles. The van der Waals surface area contributed by atoms with Crippen molar-refractivity contribution in [3.8, 4) is 5.75 Å². The second kappa shape index (κ2) is 3.91. The molecule has 1 aromatic carbocycles. The summed E-state index contributed by atoms with van der Waals surface area (Å²) in [7, 11) is 1.41. The molecule has 0 atom stereocenters. The van der Waals surface area contributed by atoms with Gasteiger partial charge >= 0.3 is 6.18 Å². The number of hydrogen-bond acceptors (Lipinski definition) is 2. The minimum absolute atomic E-state index is 0.0578. The minimum Gasteiger partial charge on any atom is -0.497 e. The minimum atomic E-state index is -4.39. The predicted octanol–water partition coefficient (Wildman–Crippen LogP) is 3.57. The van der Waals surface area contributed by atoms with Gasteiger partial charge in [-0.05, 0) is 31.2 Å². The third kappa shape index (κ3) is 2.18. The number of rotatable bonds is 1. The molecule has 0 amide bonds. The quantitative estimate of drug-likeness (QED) is 0.761. The lowest BCUT2D eigenvalue weighted by Crippen LogP contribution is -2.07. The molecule has 17 heavy (non-hydrogen) atoms. The molecule has 0 radical (unpaired) electrons. The van der Waals surface area contributed by atoms with Crippen LogP contribution in [-0.4, -0.2) is 12.1 Å². The van der Waals surface area contributed by atoms with Gasteiger partial charge < -0.3 is 4.74 Å². The molecule has 5 heteroatoms. The molecule has 2 nitrogen and oxygen atoms in total. The molecule has 2 aromatic rings. The van der Waals surface area contributed by atoms with Crippen molar-refractivity contribution in [3.63, 3.8) is 0 Å². The lowest BCUT2D eigenvalue weighted by atomic mass is 10.1. The van der Waals surface area contributed by atoms with Crippen molar-refractivity contribution in [2.75, 3.05) is 7.11 Å². The highest BCUT2D eigenvalue weighted by Crippen LogP contribution is 2.35. The second-order valence-electron chi connectivity index (χ2n) is 3.69. The topological polar surface area (TPSA) is 22.1 Å². The molecule has 1 aromatic heterocycles. The Labute approximate surface area is 96.0 Å². The number of aromatic nitrogens is 1. The molecule has 0 aliphatic carbocycles. The molecule has 90 valence electrons. The van der Waals surface area contributed by atoms with Crippen molar-refractivity contribution < 1.29 is 17.9 Å². The van der Waals surface area contributed by atoms with Crippen LogP contribution in [0.1, 0.15) is 11.3 Å². The molecule has 0 unspecified atom stereocenters.